The number of imidazole rings is 1. The summed E-state index contributed by atoms with van der Waals surface area (Å²) in [4.78, 5) is 22.4. The fraction of sp³-hybridized carbons (Fsp3) is 0.500. The second-order valence-corrected chi connectivity index (χ2v) is 7.24. The number of aromatic nitrogens is 2. The van der Waals surface area contributed by atoms with Crippen LogP contribution in [0.25, 0.3) is 0 Å². The topological polar surface area (TPSA) is 61.0 Å². The van der Waals surface area contributed by atoms with E-state index in [1.165, 1.54) is 18.4 Å². The standard InChI is InChI=1S/C20H26N4O/c25-20(16-8-4-5-9-16)24-13-10-17(14-24)23-18(19-21-11-12-22-19)15-6-2-1-3-7-15/h1-3,6-7,11-12,16-18,23H,4-5,8-10,13-14H2,(H,21,22). The van der Waals surface area contributed by atoms with Crippen LogP contribution in [0.2, 0.25) is 0 Å². The summed E-state index contributed by atoms with van der Waals surface area (Å²) in [6.45, 7) is 1.67. The van der Waals surface area contributed by atoms with Gasteiger partial charge in [-0.3, -0.25) is 10.1 Å². The van der Waals surface area contributed by atoms with Gasteiger partial charge in [-0.25, -0.2) is 4.98 Å². The van der Waals surface area contributed by atoms with Crippen LogP contribution >= 0.6 is 0 Å². The maximum atomic E-state index is 12.7. The number of nitrogens with one attached hydrogen (secondary N) is 2. The number of hydrogen-bond acceptors (Lipinski definition) is 3. The van der Waals surface area contributed by atoms with Crippen molar-refractivity contribution in [1.82, 2.24) is 20.2 Å². The summed E-state index contributed by atoms with van der Waals surface area (Å²) in [5, 5.41) is 3.72. The van der Waals surface area contributed by atoms with Gasteiger partial charge in [0.25, 0.3) is 0 Å². The lowest BCUT2D eigenvalue weighted by molar-refractivity contribution is -0.134. The first-order valence-electron chi connectivity index (χ1n) is 9.40. The maximum Gasteiger partial charge on any atom is 0.225 e. The van der Waals surface area contributed by atoms with E-state index in [2.05, 4.69) is 44.5 Å². The zero-order chi connectivity index (χ0) is 17.1. The molecule has 2 fully saturated rings. The van der Waals surface area contributed by atoms with Crippen LogP contribution < -0.4 is 5.32 Å². The van der Waals surface area contributed by atoms with Crippen molar-refractivity contribution in [3.63, 3.8) is 0 Å². The van der Waals surface area contributed by atoms with Crippen molar-refractivity contribution in [3.05, 3.63) is 54.1 Å². The van der Waals surface area contributed by atoms with Gasteiger partial charge in [-0.05, 0) is 24.8 Å². The predicted octanol–water partition coefficient (Wildman–Crippen LogP) is 2.88. The summed E-state index contributed by atoms with van der Waals surface area (Å²) in [6, 6.07) is 10.7. The third-order valence-corrected chi connectivity index (χ3v) is 5.53. The van der Waals surface area contributed by atoms with E-state index in [4.69, 9.17) is 0 Å². The van der Waals surface area contributed by atoms with Gasteiger partial charge in [-0.1, -0.05) is 43.2 Å². The number of carbonyl (C=O) groups excluding carboxylic acids is 1. The number of carbonyl (C=O) groups is 1. The Bertz CT molecular complexity index is 679. The monoisotopic (exact) mass is 338 g/mol. The Balaban J connectivity index is 1.43. The van der Waals surface area contributed by atoms with Crippen LogP contribution in [0.4, 0.5) is 0 Å². The molecule has 1 aliphatic carbocycles. The van der Waals surface area contributed by atoms with Gasteiger partial charge >= 0.3 is 0 Å². The van der Waals surface area contributed by atoms with Gasteiger partial charge in [0.15, 0.2) is 0 Å². The van der Waals surface area contributed by atoms with Gasteiger partial charge in [0.1, 0.15) is 5.82 Å². The van der Waals surface area contributed by atoms with E-state index in [9.17, 15) is 4.79 Å². The highest BCUT2D eigenvalue weighted by Crippen LogP contribution is 2.28. The Hall–Kier alpha value is -2.14. The molecule has 2 aromatic rings. The molecule has 2 aliphatic rings. The summed E-state index contributed by atoms with van der Waals surface area (Å²) in [6.07, 6.45) is 9.22. The maximum absolute atomic E-state index is 12.7. The SMILES string of the molecule is O=C(C1CCCC1)N1CCC(NC(c2ccccc2)c2ncc[nH]2)C1. The minimum atomic E-state index is 0.0303. The first-order chi connectivity index (χ1) is 12.3. The Morgan fingerprint density at radius 1 is 1.20 bits per heavy atom. The molecule has 1 saturated heterocycles. The molecule has 2 unspecified atom stereocenters. The lowest BCUT2D eigenvalue weighted by Crippen LogP contribution is -2.39. The molecule has 2 atom stereocenters. The molecule has 1 saturated carbocycles. The number of amides is 1. The first kappa shape index (κ1) is 16.3. The molecule has 1 aromatic heterocycles. The van der Waals surface area contributed by atoms with Crippen LogP contribution in [0.1, 0.15) is 49.5 Å². The van der Waals surface area contributed by atoms with E-state index in [0.717, 1.165) is 38.2 Å². The Morgan fingerprint density at radius 3 is 2.72 bits per heavy atom. The number of nitrogens with zero attached hydrogens (tertiary/aromatic N) is 2. The molecule has 2 heterocycles. The van der Waals surface area contributed by atoms with E-state index in [-0.39, 0.29) is 12.0 Å². The van der Waals surface area contributed by atoms with Crippen molar-refractivity contribution in [2.45, 2.75) is 44.2 Å². The number of rotatable bonds is 5. The minimum absolute atomic E-state index is 0.0303. The van der Waals surface area contributed by atoms with Crippen LogP contribution in [-0.2, 0) is 4.79 Å². The molecule has 132 valence electrons. The third kappa shape index (κ3) is 3.61. The second kappa shape index (κ2) is 7.40. The lowest BCUT2D eigenvalue weighted by atomic mass is 10.0. The fourth-order valence-corrected chi connectivity index (χ4v) is 4.18. The average molecular weight is 338 g/mol. The normalized spacial score (nSPS) is 22.4. The molecule has 0 radical (unpaired) electrons. The van der Waals surface area contributed by atoms with Gasteiger partial charge in [0, 0.05) is 37.4 Å². The molecule has 0 bridgehead atoms. The molecule has 5 nitrogen and oxygen atoms in total. The largest absolute Gasteiger partial charge is 0.347 e. The zero-order valence-corrected chi connectivity index (χ0v) is 14.5. The molecule has 1 aliphatic heterocycles. The molecule has 4 rings (SSSR count). The van der Waals surface area contributed by atoms with E-state index in [1.54, 1.807) is 6.20 Å². The number of likely N-dealkylation sites (tertiary alicyclic amines) is 1. The van der Waals surface area contributed by atoms with Gasteiger partial charge in [0.05, 0.1) is 6.04 Å². The number of H-pyrrole nitrogens is 1. The van der Waals surface area contributed by atoms with Crippen molar-refractivity contribution >= 4 is 5.91 Å². The Kier molecular flexibility index (Phi) is 4.83. The van der Waals surface area contributed by atoms with Crippen molar-refractivity contribution < 1.29 is 4.79 Å². The van der Waals surface area contributed by atoms with Crippen LogP contribution in [0.3, 0.4) is 0 Å². The predicted molar refractivity (Wildman–Crippen MR) is 97.0 cm³/mol. The Labute approximate surface area is 148 Å². The van der Waals surface area contributed by atoms with Crippen LogP contribution in [0.15, 0.2) is 42.7 Å². The fourth-order valence-electron chi connectivity index (χ4n) is 4.18. The van der Waals surface area contributed by atoms with Crippen molar-refractivity contribution in [3.8, 4) is 0 Å². The Morgan fingerprint density at radius 2 is 2.00 bits per heavy atom. The summed E-state index contributed by atoms with van der Waals surface area (Å²) >= 11 is 0. The van der Waals surface area contributed by atoms with Gasteiger partial charge in [0.2, 0.25) is 5.91 Å². The van der Waals surface area contributed by atoms with E-state index in [0.29, 0.717) is 11.9 Å². The lowest BCUT2D eigenvalue weighted by Gasteiger charge is -2.24. The third-order valence-electron chi connectivity index (χ3n) is 5.53. The van der Waals surface area contributed by atoms with Crippen LogP contribution in [0, 0.1) is 5.92 Å². The molecule has 2 N–H and O–H groups in total. The minimum Gasteiger partial charge on any atom is -0.347 e. The van der Waals surface area contributed by atoms with Gasteiger partial charge < -0.3 is 9.88 Å². The molecule has 25 heavy (non-hydrogen) atoms. The summed E-state index contributed by atoms with van der Waals surface area (Å²) in [5.41, 5.74) is 1.19. The highest BCUT2D eigenvalue weighted by atomic mass is 16.2. The van der Waals surface area contributed by atoms with Crippen molar-refractivity contribution in [2.75, 3.05) is 13.1 Å². The molecule has 0 spiro atoms. The smallest absolute Gasteiger partial charge is 0.225 e. The van der Waals surface area contributed by atoms with Crippen LogP contribution in [-0.4, -0.2) is 39.9 Å². The van der Waals surface area contributed by atoms with Crippen LogP contribution in [0.5, 0.6) is 0 Å². The highest BCUT2D eigenvalue weighted by molar-refractivity contribution is 5.79. The van der Waals surface area contributed by atoms with E-state index >= 15 is 0 Å². The number of aromatic amines is 1. The molecule has 1 amide bonds. The van der Waals surface area contributed by atoms with Crippen molar-refractivity contribution in [2.24, 2.45) is 5.92 Å². The van der Waals surface area contributed by atoms with Gasteiger partial charge in [-0.2, -0.15) is 0 Å². The van der Waals surface area contributed by atoms with Crippen molar-refractivity contribution in [1.29, 1.82) is 0 Å². The number of hydrogen-bond donors (Lipinski definition) is 2. The zero-order valence-electron chi connectivity index (χ0n) is 14.5. The van der Waals surface area contributed by atoms with E-state index in [1.807, 2.05) is 12.3 Å². The summed E-state index contributed by atoms with van der Waals surface area (Å²) in [7, 11) is 0. The summed E-state index contributed by atoms with van der Waals surface area (Å²) < 4.78 is 0. The molecule has 1 aromatic carbocycles. The van der Waals surface area contributed by atoms with E-state index < -0.39 is 0 Å². The second-order valence-electron chi connectivity index (χ2n) is 7.24. The first-order valence-corrected chi connectivity index (χ1v) is 9.40. The molecular weight excluding hydrogens is 312 g/mol. The van der Waals surface area contributed by atoms with Gasteiger partial charge in [-0.15, -0.1) is 0 Å². The number of benzene rings is 1. The quantitative estimate of drug-likeness (QED) is 0.881. The molecular formula is C20H26N4O. The summed E-state index contributed by atoms with van der Waals surface area (Å²) in [5.74, 6) is 1.57. The average Bonchev–Trinajstić information content (AvgIpc) is 3.42. The molecule has 5 heteroatoms. The highest BCUT2D eigenvalue weighted by Gasteiger charge is 2.33.